The van der Waals surface area contributed by atoms with Crippen LogP contribution in [-0.4, -0.2) is 33.6 Å². The fourth-order valence-corrected chi connectivity index (χ4v) is 11.2. The summed E-state index contributed by atoms with van der Waals surface area (Å²) in [7, 11) is 0. The van der Waals surface area contributed by atoms with Crippen LogP contribution in [0.1, 0.15) is 28.7 Å². The Hall–Kier alpha value is -8.01. The number of hydrogen-bond acceptors (Lipinski definition) is 11. The van der Waals surface area contributed by atoms with Gasteiger partial charge >= 0.3 is 11.4 Å². The zero-order valence-electron chi connectivity index (χ0n) is 34.2. The topological polar surface area (TPSA) is 160 Å². The fourth-order valence-electron chi connectivity index (χ4n) is 9.03. The molecule has 13 nitrogen and oxygen atoms in total. The number of fused-ring (bicyclic) bond motifs is 5. The van der Waals surface area contributed by atoms with Gasteiger partial charge in [-0.05, 0) is 71.3 Å². The Morgan fingerprint density at radius 1 is 0.723 bits per heavy atom. The second-order valence-corrected chi connectivity index (χ2v) is 18.0. The Balaban J connectivity index is 0.871. The van der Waals surface area contributed by atoms with Crippen LogP contribution in [0.15, 0.2) is 158 Å². The minimum Gasteiger partial charge on any atom is -0.489 e. The van der Waals surface area contributed by atoms with Gasteiger partial charge in [-0.1, -0.05) is 72.8 Å². The molecule has 316 valence electrons. The molecule has 7 heterocycles. The molecule has 0 bridgehead atoms. The van der Waals surface area contributed by atoms with E-state index in [1.807, 2.05) is 72.8 Å². The summed E-state index contributed by atoms with van der Waals surface area (Å²) in [5.41, 5.74) is 5.24. The molecule has 65 heavy (non-hydrogen) atoms. The van der Waals surface area contributed by atoms with Crippen molar-refractivity contribution in [3.63, 3.8) is 0 Å². The maximum atomic E-state index is 14.7. The van der Waals surface area contributed by atoms with Crippen LogP contribution in [0.4, 0.5) is 0 Å². The third kappa shape index (κ3) is 6.46. The van der Waals surface area contributed by atoms with Crippen molar-refractivity contribution in [3.05, 3.63) is 198 Å². The first kappa shape index (κ1) is 38.6. The number of hydrogen-bond donors (Lipinski definition) is 1. The highest BCUT2D eigenvalue weighted by Crippen LogP contribution is 2.38. The number of ether oxygens (including phenoxy) is 1. The molecule has 11 aromatic rings. The molecule has 1 N–H and O–H groups in total. The van der Waals surface area contributed by atoms with Gasteiger partial charge in [-0.15, -0.1) is 22.7 Å². The van der Waals surface area contributed by atoms with Gasteiger partial charge in [-0.2, -0.15) is 0 Å². The summed E-state index contributed by atoms with van der Waals surface area (Å²) in [5.74, 6) is 0.949. The fraction of sp³-hybridized carbons (Fsp3) is 0.100. The number of aromatic nitrogens is 7. The van der Waals surface area contributed by atoms with Crippen LogP contribution in [0.2, 0.25) is 0 Å². The maximum Gasteiger partial charge on any atom is 0.336 e. The lowest BCUT2D eigenvalue weighted by Gasteiger charge is -2.14. The standard InChI is InChI=1S/C50H33N7O6S2/c58-47-44-38(20-43(65-44)46-53-18-19-62-46)54-49(60)56(47)41-25-52-23-37-31(9-5-12-35(37)41)27-63-32-16-14-28(15-17-32)26-55-39-21-42(36-13-4-8-29-7-3-11-33(29)36)64-45(39)48(59)57(50(55)61)40-24-51-22-30-6-1-2-10-34(30)40/h1-2,4-6,8-10,12-25H,3,7,11,26-27H2,(H,54,60). The molecule has 7 aromatic heterocycles. The van der Waals surface area contributed by atoms with Crippen molar-refractivity contribution < 1.29 is 9.15 Å². The van der Waals surface area contributed by atoms with Gasteiger partial charge in [0.1, 0.15) is 28.0 Å². The van der Waals surface area contributed by atoms with Crippen LogP contribution in [0.25, 0.3) is 74.6 Å². The maximum absolute atomic E-state index is 14.7. The van der Waals surface area contributed by atoms with Crippen LogP contribution >= 0.6 is 22.7 Å². The van der Waals surface area contributed by atoms with Gasteiger partial charge in [0.25, 0.3) is 11.1 Å². The van der Waals surface area contributed by atoms with Gasteiger partial charge in [-0.3, -0.25) is 24.1 Å². The van der Waals surface area contributed by atoms with Crippen molar-refractivity contribution in [2.45, 2.75) is 32.4 Å². The number of benzene rings is 4. The zero-order chi connectivity index (χ0) is 43.8. The Morgan fingerprint density at radius 3 is 2.37 bits per heavy atom. The van der Waals surface area contributed by atoms with Crippen LogP contribution in [-0.2, 0) is 26.0 Å². The van der Waals surface area contributed by atoms with Gasteiger partial charge in [0.15, 0.2) is 0 Å². The predicted molar refractivity (Wildman–Crippen MR) is 253 cm³/mol. The Bertz CT molecular complexity index is 3950. The third-order valence-electron chi connectivity index (χ3n) is 12.1. The van der Waals surface area contributed by atoms with Gasteiger partial charge < -0.3 is 14.1 Å². The molecular weight excluding hydrogens is 859 g/mol. The van der Waals surface area contributed by atoms with Crippen LogP contribution in [0.5, 0.6) is 5.75 Å². The van der Waals surface area contributed by atoms with Gasteiger partial charge in [0, 0.05) is 38.8 Å². The summed E-state index contributed by atoms with van der Waals surface area (Å²) in [5, 5.41) is 2.95. The highest BCUT2D eigenvalue weighted by molar-refractivity contribution is 7.22. The average molecular weight is 892 g/mol. The lowest BCUT2D eigenvalue weighted by Crippen LogP contribution is -2.38. The van der Waals surface area contributed by atoms with Crippen LogP contribution in [0, 0.1) is 0 Å². The van der Waals surface area contributed by atoms with Crippen molar-refractivity contribution in [1.82, 2.24) is 33.6 Å². The molecule has 12 rings (SSSR count). The van der Waals surface area contributed by atoms with Crippen molar-refractivity contribution in [2.24, 2.45) is 0 Å². The molecule has 0 saturated heterocycles. The number of rotatable bonds is 9. The number of thiophene rings is 2. The molecule has 4 aromatic carbocycles. The summed E-state index contributed by atoms with van der Waals surface area (Å²) in [6, 6.07) is 30.8. The number of nitrogens with zero attached hydrogens (tertiary/aromatic N) is 6. The molecule has 1 aliphatic carbocycles. The van der Waals surface area contributed by atoms with E-state index in [0.29, 0.717) is 53.7 Å². The largest absolute Gasteiger partial charge is 0.489 e. The molecule has 15 heteroatoms. The van der Waals surface area contributed by atoms with E-state index in [1.165, 1.54) is 57.0 Å². The molecule has 0 saturated carbocycles. The van der Waals surface area contributed by atoms with Gasteiger partial charge in [0.05, 0.1) is 52.4 Å². The van der Waals surface area contributed by atoms with Crippen molar-refractivity contribution >= 4 is 64.7 Å². The van der Waals surface area contributed by atoms with Crippen LogP contribution < -0.4 is 27.2 Å². The second-order valence-electron chi connectivity index (χ2n) is 15.9. The van der Waals surface area contributed by atoms with Gasteiger partial charge in [-0.25, -0.2) is 23.7 Å². The Labute approximate surface area is 374 Å². The van der Waals surface area contributed by atoms with Crippen LogP contribution in [0.3, 0.4) is 0 Å². The molecular formula is C50H33N7O6S2. The van der Waals surface area contributed by atoms with E-state index in [-0.39, 0.29) is 18.7 Å². The van der Waals surface area contributed by atoms with E-state index < -0.39 is 16.9 Å². The molecule has 0 unspecified atom stereocenters. The molecule has 0 aliphatic heterocycles. The van der Waals surface area contributed by atoms with Crippen molar-refractivity contribution in [3.8, 4) is 38.3 Å². The highest BCUT2D eigenvalue weighted by Gasteiger charge is 2.23. The molecule has 0 fully saturated rings. The van der Waals surface area contributed by atoms with E-state index in [1.54, 1.807) is 29.2 Å². The first-order valence-electron chi connectivity index (χ1n) is 20.9. The molecule has 0 amide bonds. The predicted octanol–water partition coefficient (Wildman–Crippen LogP) is 8.80. The lowest BCUT2D eigenvalue weighted by atomic mass is 10.0. The molecule has 0 atom stereocenters. The smallest absolute Gasteiger partial charge is 0.336 e. The molecule has 0 spiro atoms. The third-order valence-corrected chi connectivity index (χ3v) is 14.4. The summed E-state index contributed by atoms with van der Waals surface area (Å²) >= 11 is 2.61. The normalized spacial score (nSPS) is 12.5. The van der Waals surface area contributed by atoms with E-state index >= 15 is 0 Å². The Morgan fingerprint density at radius 2 is 1.51 bits per heavy atom. The number of aromatic amines is 1. The molecule has 0 radical (unpaired) electrons. The summed E-state index contributed by atoms with van der Waals surface area (Å²) < 4.78 is 16.6. The lowest BCUT2D eigenvalue weighted by molar-refractivity contribution is 0.307. The van der Waals surface area contributed by atoms with E-state index in [9.17, 15) is 19.2 Å². The Kier molecular flexibility index (Phi) is 9.13. The summed E-state index contributed by atoms with van der Waals surface area (Å²) in [6.07, 6.45) is 12.6. The number of pyridine rings is 2. The van der Waals surface area contributed by atoms with Crippen molar-refractivity contribution in [2.75, 3.05) is 0 Å². The van der Waals surface area contributed by atoms with E-state index in [0.717, 1.165) is 61.6 Å². The van der Waals surface area contributed by atoms with Crippen molar-refractivity contribution in [1.29, 1.82) is 0 Å². The zero-order valence-corrected chi connectivity index (χ0v) is 35.8. The SMILES string of the molecule is O=c1[nH]c2cc(-c3ncco3)sc2c(=O)n1-c1cncc2c(COc3ccc(Cn4c(=O)n(-c5cncc6ccccc56)c(=O)c5sc(-c6cccc7c6CCC7)cc54)cc3)cccc12. The molecule has 1 aliphatic rings. The highest BCUT2D eigenvalue weighted by atomic mass is 32.1. The summed E-state index contributed by atoms with van der Waals surface area (Å²) in [6.45, 7) is 0.368. The quantitative estimate of drug-likeness (QED) is 0.149. The average Bonchev–Trinajstić information content (AvgIpc) is 4.18. The minimum atomic E-state index is -0.596. The monoisotopic (exact) mass is 891 g/mol. The number of H-pyrrole nitrogens is 1. The number of nitrogens with one attached hydrogen (secondary N) is 1. The number of aryl methyl sites for hydroxylation is 1. The summed E-state index contributed by atoms with van der Waals surface area (Å²) in [4.78, 5) is 73.9. The van der Waals surface area contributed by atoms with E-state index in [2.05, 4.69) is 38.1 Å². The van der Waals surface area contributed by atoms with E-state index in [4.69, 9.17) is 9.15 Å². The first-order chi connectivity index (χ1) is 31.9. The second kappa shape index (κ2) is 15.4. The van der Waals surface area contributed by atoms with Gasteiger partial charge in [0.2, 0.25) is 5.89 Å². The number of oxazole rings is 1. The first-order valence-corrected chi connectivity index (χ1v) is 22.5. The minimum absolute atomic E-state index is 0.168.